The topological polar surface area (TPSA) is 68.8 Å². The predicted molar refractivity (Wildman–Crippen MR) is 112 cm³/mol. The molecule has 0 bridgehead atoms. The highest BCUT2D eigenvalue weighted by molar-refractivity contribution is 5.95. The van der Waals surface area contributed by atoms with Gasteiger partial charge in [-0.1, -0.05) is 0 Å². The van der Waals surface area contributed by atoms with Gasteiger partial charge in [-0.05, 0) is 63.8 Å². The Balaban J connectivity index is 1.71. The minimum absolute atomic E-state index is 0.159. The molecular weight excluding hydrogens is 357 g/mol. The number of anilines is 1. The lowest BCUT2D eigenvalue weighted by Crippen LogP contribution is -2.50. The quantitative estimate of drug-likeness (QED) is 0.724. The molecule has 0 atom stereocenters. The van der Waals surface area contributed by atoms with Crippen LogP contribution in [0.3, 0.4) is 0 Å². The van der Waals surface area contributed by atoms with Crippen LogP contribution in [-0.2, 0) is 5.67 Å². The van der Waals surface area contributed by atoms with Gasteiger partial charge in [-0.2, -0.15) is 0 Å². The number of amides is 1. The summed E-state index contributed by atoms with van der Waals surface area (Å²) in [6.07, 6.45) is 3.03. The zero-order valence-electron chi connectivity index (χ0n) is 17.1. The zero-order chi connectivity index (χ0) is 20.1. The van der Waals surface area contributed by atoms with Crippen LogP contribution in [0.5, 0.6) is 0 Å². The number of carbonyl (C=O) groups excluding carboxylic acids is 1. The normalized spacial score (nSPS) is 18.3. The molecular formula is C21H32FN5O. The highest BCUT2D eigenvalue weighted by Gasteiger charge is 2.25. The molecule has 1 amide bonds. The number of rotatable bonds is 5. The molecule has 3 rings (SSSR count). The zero-order valence-corrected chi connectivity index (χ0v) is 17.1. The molecule has 0 radical (unpaired) electrons. The first-order chi connectivity index (χ1) is 13.4. The first-order valence-corrected chi connectivity index (χ1v) is 10.3. The van der Waals surface area contributed by atoms with E-state index < -0.39 is 5.67 Å². The van der Waals surface area contributed by atoms with E-state index in [1.807, 2.05) is 19.1 Å². The van der Waals surface area contributed by atoms with E-state index in [2.05, 4.69) is 25.8 Å². The highest BCUT2D eigenvalue weighted by Crippen LogP contribution is 2.31. The molecule has 1 saturated heterocycles. The second-order valence-corrected chi connectivity index (χ2v) is 8.02. The number of halogens is 1. The fraction of sp³-hybridized carbons (Fsp3) is 0.619. The van der Waals surface area contributed by atoms with Crippen LogP contribution in [0, 0.1) is 0 Å². The molecule has 154 valence electrons. The number of benzene rings is 1. The van der Waals surface area contributed by atoms with Crippen LogP contribution in [0.25, 0.3) is 0 Å². The summed E-state index contributed by atoms with van der Waals surface area (Å²) in [6.45, 7) is 9.05. The van der Waals surface area contributed by atoms with E-state index >= 15 is 0 Å². The fourth-order valence-electron chi connectivity index (χ4n) is 3.64. The molecule has 2 heterocycles. The van der Waals surface area contributed by atoms with E-state index in [0.717, 1.165) is 57.1 Å². The minimum atomic E-state index is -1.50. The first-order valence-electron chi connectivity index (χ1n) is 10.3. The molecule has 0 spiro atoms. The molecule has 0 unspecified atom stereocenters. The molecule has 0 saturated carbocycles. The molecule has 0 aromatic heterocycles. The average molecular weight is 390 g/mol. The van der Waals surface area contributed by atoms with Crippen molar-refractivity contribution in [3.63, 3.8) is 0 Å². The Morgan fingerprint density at radius 2 is 2.07 bits per heavy atom. The summed E-state index contributed by atoms with van der Waals surface area (Å²) in [4.78, 5) is 19.1. The number of nitrogens with zero attached hydrogens (tertiary/aromatic N) is 2. The van der Waals surface area contributed by atoms with Gasteiger partial charge in [0.05, 0.1) is 0 Å². The number of carbonyl (C=O) groups is 1. The van der Waals surface area contributed by atoms with Gasteiger partial charge < -0.3 is 20.9 Å². The van der Waals surface area contributed by atoms with E-state index in [1.54, 1.807) is 6.07 Å². The van der Waals surface area contributed by atoms with Gasteiger partial charge >= 0.3 is 0 Å². The maximum absolute atomic E-state index is 14.6. The molecule has 2 aliphatic heterocycles. The van der Waals surface area contributed by atoms with E-state index in [4.69, 9.17) is 0 Å². The van der Waals surface area contributed by atoms with Gasteiger partial charge in [0.1, 0.15) is 5.67 Å². The molecule has 7 heteroatoms. The summed E-state index contributed by atoms with van der Waals surface area (Å²) < 4.78 is 14.6. The van der Waals surface area contributed by atoms with Crippen molar-refractivity contribution in [2.75, 3.05) is 37.6 Å². The lowest BCUT2D eigenvalue weighted by Gasteiger charge is -2.35. The molecule has 1 fully saturated rings. The minimum Gasteiger partial charge on any atom is -0.371 e. The number of hydrogen-bond donors (Lipinski definition) is 3. The van der Waals surface area contributed by atoms with Crippen LogP contribution in [0.2, 0.25) is 0 Å². The molecule has 2 aliphatic rings. The SMILES string of the molecule is CCNC(=O)c1cc(N2CCC(NC3=NCCCN3)CC2)cc(C(C)(C)F)c1. The highest BCUT2D eigenvalue weighted by atomic mass is 19.1. The van der Waals surface area contributed by atoms with E-state index in [-0.39, 0.29) is 5.91 Å². The van der Waals surface area contributed by atoms with Crippen molar-refractivity contribution < 1.29 is 9.18 Å². The monoisotopic (exact) mass is 389 g/mol. The van der Waals surface area contributed by atoms with Crippen LogP contribution >= 0.6 is 0 Å². The van der Waals surface area contributed by atoms with Crippen LogP contribution in [0.4, 0.5) is 10.1 Å². The van der Waals surface area contributed by atoms with Gasteiger partial charge in [0.25, 0.3) is 5.91 Å². The molecule has 3 N–H and O–H groups in total. The van der Waals surface area contributed by atoms with Gasteiger partial charge in [0, 0.05) is 50.0 Å². The molecule has 0 aliphatic carbocycles. The fourth-order valence-corrected chi connectivity index (χ4v) is 3.64. The van der Waals surface area contributed by atoms with Gasteiger partial charge in [-0.25, -0.2) is 4.39 Å². The predicted octanol–water partition coefficient (Wildman–Crippen LogP) is 2.55. The smallest absolute Gasteiger partial charge is 0.251 e. The second-order valence-electron chi connectivity index (χ2n) is 8.02. The van der Waals surface area contributed by atoms with Gasteiger partial charge in [0.2, 0.25) is 0 Å². The Hall–Kier alpha value is -2.31. The second kappa shape index (κ2) is 8.80. The van der Waals surface area contributed by atoms with Crippen molar-refractivity contribution in [3.8, 4) is 0 Å². The molecule has 1 aromatic rings. The Kier molecular flexibility index (Phi) is 6.42. The summed E-state index contributed by atoms with van der Waals surface area (Å²) >= 11 is 0. The summed E-state index contributed by atoms with van der Waals surface area (Å²) in [7, 11) is 0. The molecule has 28 heavy (non-hydrogen) atoms. The van der Waals surface area contributed by atoms with Crippen LogP contribution in [-0.4, -0.2) is 50.6 Å². The molecule has 1 aromatic carbocycles. The van der Waals surface area contributed by atoms with E-state index in [1.165, 1.54) is 13.8 Å². The number of aliphatic imine (C=N–C) groups is 1. The van der Waals surface area contributed by atoms with Crippen LogP contribution in [0.15, 0.2) is 23.2 Å². The van der Waals surface area contributed by atoms with E-state index in [0.29, 0.717) is 23.7 Å². The van der Waals surface area contributed by atoms with Crippen molar-refractivity contribution in [2.45, 2.75) is 51.7 Å². The maximum atomic E-state index is 14.6. The van der Waals surface area contributed by atoms with Crippen molar-refractivity contribution in [3.05, 3.63) is 29.3 Å². The van der Waals surface area contributed by atoms with Crippen molar-refractivity contribution in [1.29, 1.82) is 0 Å². The Morgan fingerprint density at radius 3 is 2.68 bits per heavy atom. The van der Waals surface area contributed by atoms with Gasteiger partial charge in [-0.3, -0.25) is 9.79 Å². The van der Waals surface area contributed by atoms with Crippen LogP contribution < -0.4 is 20.9 Å². The Bertz CT molecular complexity index is 720. The van der Waals surface area contributed by atoms with E-state index in [9.17, 15) is 9.18 Å². The van der Waals surface area contributed by atoms with Crippen molar-refractivity contribution in [1.82, 2.24) is 16.0 Å². The maximum Gasteiger partial charge on any atom is 0.251 e. The third-order valence-corrected chi connectivity index (χ3v) is 5.30. The van der Waals surface area contributed by atoms with Gasteiger partial charge in [0.15, 0.2) is 5.96 Å². The van der Waals surface area contributed by atoms with Gasteiger partial charge in [-0.15, -0.1) is 0 Å². The largest absolute Gasteiger partial charge is 0.371 e. The third-order valence-electron chi connectivity index (χ3n) is 5.30. The number of nitrogens with one attached hydrogen (secondary N) is 3. The Labute approximate surface area is 167 Å². The van der Waals surface area contributed by atoms with Crippen molar-refractivity contribution >= 4 is 17.6 Å². The van der Waals surface area contributed by atoms with Crippen molar-refractivity contribution in [2.24, 2.45) is 4.99 Å². The number of piperidine rings is 1. The third kappa shape index (κ3) is 5.14. The number of hydrogen-bond acceptors (Lipinski definition) is 5. The lowest BCUT2D eigenvalue weighted by atomic mass is 9.95. The number of alkyl halides is 1. The summed E-state index contributed by atoms with van der Waals surface area (Å²) in [6, 6.07) is 5.80. The first kappa shape index (κ1) is 20.4. The summed E-state index contributed by atoms with van der Waals surface area (Å²) in [5.41, 5.74) is 0.464. The summed E-state index contributed by atoms with van der Waals surface area (Å²) in [5, 5.41) is 9.62. The lowest BCUT2D eigenvalue weighted by molar-refractivity contribution is 0.0955. The summed E-state index contributed by atoms with van der Waals surface area (Å²) in [5.74, 6) is 0.747. The standard InChI is InChI=1S/C21H32FN5O/c1-4-23-19(28)15-12-16(21(2,3)22)14-18(13-15)27-10-6-17(7-11-27)26-20-24-8-5-9-25-20/h12-14,17H,4-11H2,1-3H3,(H,23,28)(H2,24,25,26). The average Bonchev–Trinajstić information content (AvgIpc) is 2.68. The number of guanidine groups is 1. The Morgan fingerprint density at radius 1 is 1.32 bits per heavy atom. The van der Waals surface area contributed by atoms with Crippen LogP contribution in [0.1, 0.15) is 56.0 Å². The molecule has 6 nitrogen and oxygen atoms in total.